The number of ether oxygens (including phenoxy) is 1. The number of aromatic nitrogens is 2. The molecule has 2 aromatic carbocycles. The molecule has 0 aliphatic heterocycles. The quantitative estimate of drug-likeness (QED) is 0.377. The summed E-state index contributed by atoms with van der Waals surface area (Å²) in [5, 5.41) is 11.6. The van der Waals surface area contributed by atoms with Gasteiger partial charge in [-0.1, -0.05) is 90.7 Å². The number of carbonyl (C=O) groups excluding carboxylic acids is 1. The summed E-state index contributed by atoms with van der Waals surface area (Å²) < 4.78 is 6.90. The highest BCUT2D eigenvalue weighted by molar-refractivity contribution is 8.03. The Bertz CT molecular complexity index is 917. The lowest BCUT2D eigenvalue weighted by atomic mass is 10.0. The van der Waals surface area contributed by atoms with Gasteiger partial charge in [-0.25, -0.2) is 0 Å². The second kappa shape index (κ2) is 12.0. The number of nitrogens with one attached hydrogen (secondary N) is 1. The van der Waals surface area contributed by atoms with Crippen LogP contribution in [0.15, 0.2) is 63.3 Å². The smallest absolute Gasteiger partial charge is 0.230 e. The number of carbonyl (C=O) groups is 1. The fourth-order valence-corrected chi connectivity index (χ4v) is 5.63. The lowest BCUT2D eigenvalue weighted by Crippen LogP contribution is -2.29. The minimum Gasteiger partial charge on any atom is -0.497 e. The van der Waals surface area contributed by atoms with Crippen molar-refractivity contribution in [3.05, 3.63) is 65.7 Å². The van der Waals surface area contributed by atoms with Crippen LogP contribution in [-0.4, -0.2) is 29.0 Å². The average molecular weight is 460 g/mol. The molecule has 0 saturated carbocycles. The van der Waals surface area contributed by atoms with Crippen molar-refractivity contribution in [2.24, 2.45) is 0 Å². The number of hydrogen-bond acceptors (Lipinski definition) is 7. The molecule has 5 nitrogen and oxygen atoms in total. The lowest BCUT2D eigenvalue weighted by molar-refractivity contribution is -0.119. The van der Waals surface area contributed by atoms with Crippen LogP contribution in [0.4, 0.5) is 0 Å². The first-order chi connectivity index (χ1) is 14.7. The van der Waals surface area contributed by atoms with E-state index in [4.69, 9.17) is 4.74 Å². The molecule has 8 heteroatoms. The highest BCUT2D eigenvalue weighted by atomic mass is 32.2. The summed E-state index contributed by atoms with van der Waals surface area (Å²) in [6.45, 7) is 2.13. The van der Waals surface area contributed by atoms with Gasteiger partial charge in [0.05, 0.1) is 18.9 Å². The van der Waals surface area contributed by atoms with E-state index in [-0.39, 0.29) is 11.9 Å². The Hall–Kier alpha value is -2.03. The third-order valence-corrected chi connectivity index (χ3v) is 7.61. The number of methoxy groups -OCH3 is 1. The maximum atomic E-state index is 12.5. The van der Waals surface area contributed by atoms with Gasteiger partial charge < -0.3 is 10.1 Å². The minimum absolute atomic E-state index is 0.0185. The standard InChI is InChI=1S/C22H25N3O2S3/c1-3-7-19(17-8-5-4-6-9-17)23-20(26)15-29-22-25-24-21(30-22)28-14-16-10-12-18(27-2)13-11-16/h4-6,8-13,19H,3,7,14-15H2,1-2H3,(H,23,26). The molecule has 3 rings (SSSR count). The molecule has 1 unspecified atom stereocenters. The Kier molecular flexibility index (Phi) is 9.04. The summed E-state index contributed by atoms with van der Waals surface area (Å²) in [6.07, 6.45) is 1.93. The Labute approximate surface area is 190 Å². The van der Waals surface area contributed by atoms with Crippen LogP contribution >= 0.6 is 34.9 Å². The number of hydrogen-bond donors (Lipinski definition) is 1. The summed E-state index contributed by atoms with van der Waals surface area (Å²) in [4.78, 5) is 12.5. The molecule has 0 saturated heterocycles. The van der Waals surface area contributed by atoms with E-state index in [1.807, 2.05) is 42.5 Å². The normalized spacial score (nSPS) is 11.8. The van der Waals surface area contributed by atoms with Crippen molar-refractivity contribution in [1.29, 1.82) is 0 Å². The van der Waals surface area contributed by atoms with Crippen LogP contribution in [0.1, 0.15) is 36.9 Å². The van der Waals surface area contributed by atoms with Crippen molar-refractivity contribution in [2.45, 2.75) is 40.2 Å². The van der Waals surface area contributed by atoms with Gasteiger partial charge in [0, 0.05) is 5.75 Å². The molecule has 0 aliphatic rings. The van der Waals surface area contributed by atoms with Crippen LogP contribution in [-0.2, 0) is 10.5 Å². The van der Waals surface area contributed by atoms with Crippen molar-refractivity contribution in [2.75, 3.05) is 12.9 Å². The van der Waals surface area contributed by atoms with Crippen molar-refractivity contribution < 1.29 is 9.53 Å². The molecular formula is C22H25N3O2S3. The predicted molar refractivity (Wildman–Crippen MR) is 125 cm³/mol. The van der Waals surface area contributed by atoms with Crippen molar-refractivity contribution in [3.8, 4) is 5.75 Å². The Morgan fingerprint density at radius 1 is 1.07 bits per heavy atom. The van der Waals surface area contributed by atoms with Gasteiger partial charge in [0.25, 0.3) is 0 Å². The molecule has 1 aromatic heterocycles. The van der Waals surface area contributed by atoms with E-state index in [1.54, 1.807) is 18.9 Å². The third-order valence-electron chi connectivity index (χ3n) is 4.35. The molecular weight excluding hydrogens is 434 g/mol. The van der Waals surface area contributed by atoms with Gasteiger partial charge in [-0.3, -0.25) is 4.79 Å². The van der Waals surface area contributed by atoms with E-state index in [0.717, 1.165) is 38.6 Å². The largest absolute Gasteiger partial charge is 0.497 e. The first kappa shape index (κ1) is 22.7. The summed E-state index contributed by atoms with van der Waals surface area (Å²) >= 11 is 4.61. The second-order valence-electron chi connectivity index (χ2n) is 6.58. The predicted octanol–water partition coefficient (Wildman–Crippen LogP) is 5.59. The van der Waals surface area contributed by atoms with E-state index in [1.165, 1.54) is 28.7 Å². The Morgan fingerprint density at radius 2 is 1.77 bits per heavy atom. The average Bonchev–Trinajstić information content (AvgIpc) is 3.25. The third kappa shape index (κ3) is 7.04. The van der Waals surface area contributed by atoms with Crippen LogP contribution in [0.25, 0.3) is 0 Å². The summed E-state index contributed by atoms with van der Waals surface area (Å²) in [7, 11) is 1.66. The molecule has 0 fully saturated rings. The fraction of sp³-hybridized carbons (Fsp3) is 0.318. The highest BCUT2D eigenvalue weighted by Crippen LogP contribution is 2.31. The molecule has 0 bridgehead atoms. The molecule has 1 heterocycles. The molecule has 158 valence electrons. The Balaban J connectivity index is 1.46. The molecule has 3 aromatic rings. The Morgan fingerprint density at radius 3 is 2.43 bits per heavy atom. The molecule has 0 aliphatic carbocycles. The maximum Gasteiger partial charge on any atom is 0.230 e. The molecule has 0 radical (unpaired) electrons. The molecule has 1 atom stereocenters. The molecule has 30 heavy (non-hydrogen) atoms. The topological polar surface area (TPSA) is 64.1 Å². The van der Waals surface area contributed by atoms with Gasteiger partial charge in [0.15, 0.2) is 8.68 Å². The second-order valence-corrected chi connectivity index (χ2v) is 10.0. The molecule has 1 amide bonds. The lowest BCUT2D eigenvalue weighted by Gasteiger charge is -2.18. The number of amides is 1. The van der Waals surface area contributed by atoms with Crippen molar-refractivity contribution in [3.63, 3.8) is 0 Å². The number of nitrogens with zero attached hydrogens (tertiary/aromatic N) is 2. The zero-order valence-corrected chi connectivity index (χ0v) is 19.5. The monoisotopic (exact) mass is 459 g/mol. The molecule has 0 spiro atoms. The minimum atomic E-state index is 0.0185. The molecule has 1 N–H and O–H groups in total. The van der Waals surface area contributed by atoms with Gasteiger partial charge in [-0.15, -0.1) is 10.2 Å². The van der Waals surface area contributed by atoms with Crippen molar-refractivity contribution >= 4 is 40.8 Å². The van der Waals surface area contributed by atoms with Gasteiger partial charge in [0.1, 0.15) is 5.75 Å². The van der Waals surface area contributed by atoms with E-state index >= 15 is 0 Å². The van der Waals surface area contributed by atoms with E-state index < -0.39 is 0 Å². The number of benzene rings is 2. The van der Waals surface area contributed by atoms with Crippen LogP contribution in [0.3, 0.4) is 0 Å². The van der Waals surface area contributed by atoms with Gasteiger partial charge in [-0.05, 0) is 29.7 Å². The van der Waals surface area contributed by atoms with Gasteiger partial charge >= 0.3 is 0 Å². The SMILES string of the molecule is CCCC(NC(=O)CSc1nnc(SCc2ccc(OC)cc2)s1)c1ccccc1. The van der Waals surface area contributed by atoms with Crippen LogP contribution in [0, 0.1) is 0 Å². The maximum absolute atomic E-state index is 12.5. The van der Waals surface area contributed by atoms with E-state index in [9.17, 15) is 4.79 Å². The van der Waals surface area contributed by atoms with Crippen LogP contribution < -0.4 is 10.1 Å². The summed E-state index contributed by atoms with van der Waals surface area (Å²) in [6, 6.07) is 18.2. The zero-order chi connectivity index (χ0) is 21.2. The van der Waals surface area contributed by atoms with Gasteiger partial charge in [-0.2, -0.15) is 0 Å². The number of rotatable bonds is 11. The summed E-state index contributed by atoms with van der Waals surface area (Å²) in [5.74, 6) is 2.03. The van der Waals surface area contributed by atoms with Crippen molar-refractivity contribution in [1.82, 2.24) is 15.5 Å². The van der Waals surface area contributed by atoms with Gasteiger partial charge in [0.2, 0.25) is 5.91 Å². The zero-order valence-electron chi connectivity index (χ0n) is 17.0. The number of thioether (sulfide) groups is 2. The van der Waals surface area contributed by atoms with E-state index in [2.05, 4.69) is 34.6 Å². The van der Waals surface area contributed by atoms with Crippen LogP contribution in [0.2, 0.25) is 0 Å². The first-order valence-electron chi connectivity index (χ1n) is 9.74. The highest BCUT2D eigenvalue weighted by Gasteiger charge is 2.15. The fourth-order valence-electron chi connectivity index (χ4n) is 2.84. The van der Waals surface area contributed by atoms with E-state index in [0.29, 0.717) is 5.75 Å². The van der Waals surface area contributed by atoms with Crippen LogP contribution in [0.5, 0.6) is 5.75 Å². The summed E-state index contributed by atoms with van der Waals surface area (Å²) in [5.41, 5.74) is 2.35. The first-order valence-corrected chi connectivity index (χ1v) is 12.5.